The summed E-state index contributed by atoms with van der Waals surface area (Å²) in [4.78, 5) is 19.2. The Balaban J connectivity index is 1.31. The van der Waals surface area contributed by atoms with E-state index < -0.39 is 0 Å². The van der Waals surface area contributed by atoms with Gasteiger partial charge in [-0.3, -0.25) is 4.90 Å². The van der Waals surface area contributed by atoms with E-state index in [2.05, 4.69) is 30.6 Å². The number of amides is 1. The Hall–Kier alpha value is -1.59. The number of rotatable bonds is 5. The predicted octanol–water partition coefficient (Wildman–Crippen LogP) is 3.70. The third-order valence-electron chi connectivity index (χ3n) is 6.38. The van der Waals surface area contributed by atoms with Crippen molar-refractivity contribution in [2.75, 3.05) is 52.4 Å². The van der Waals surface area contributed by atoms with Gasteiger partial charge in [0.15, 0.2) is 0 Å². The number of piperidine rings is 1. The Bertz CT molecular complexity index is 598. The Morgan fingerprint density at radius 3 is 2.07 bits per heavy atom. The molecule has 0 radical (unpaired) electrons. The molecule has 0 spiro atoms. The van der Waals surface area contributed by atoms with E-state index in [0.717, 1.165) is 50.7 Å². The number of piperazine rings is 1. The summed E-state index contributed by atoms with van der Waals surface area (Å²) in [5, 5.41) is 0. The third kappa shape index (κ3) is 6.21. The summed E-state index contributed by atoms with van der Waals surface area (Å²) in [5.74, 6) is 0.856. The van der Waals surface area contributed by atoms with Crippen LogP contribution >= 0.6 is 0 Å². The smallest absolute Gasteiger partial charge is 0.410 e. The van der Waals surface area contributed by atoms with Crippen LogP contribution in [0.25, 0.3) is 0 Å². The molecule has 5 nitrogen and oxygen atoms in total. The molecular weight excluding hydrogens is 350 g/mol. The first-order valence-electron chi connectivity index (χ1n) is 10.8. The van der Waals surface area contributed by atoms with E-state index in [1.165, 1.54) is 25.9 Å². The summed E-state index contributed by atoms with van der Waals surface area (Å²) in [6.45, 7) is 15.6. The van der Waals surface area contributed by atoms with Crippen LogP contribution < -0.4 is 0 Å². The maximum absolute atomic E-state index is 12.3. The Morgan fingerprint density at radius 1 is 0.929 bits per heavy atom. The van der Waals surface area contributed by atoms with Crippen LogP contribution in [0.5, 0.6) is 0 Å². The lowest BCUT2D eigenvalue weighted by molar-refractivity contribution is 0.0637. The van der Waals surface area contributed by atoms with E-state index in [1.807, 2.05) is 35.2 Å². The fraction of sp³-hybridized carbons (Fsp3) is 0.696. The van der Waals surface area contributed by atoms with Crippen molar-refractivity contribution in [3.05, 3.63) is 35.9 Å². The van der Waals surface area contributed by atoms with Crippen molar-refractivity contribution in [1.29, 1.82) is 0 Å². The van der Waals surface area contributed by atoms with Gasteiger partial charge >= 0.3 is 6.09 Å². The lowest BCUT2D eigenvalue weighted by Crippen LogP contribution is -2.51. The highest BCUT2D eigenvalue weighted by Gasteiger charge is 2.29. The van der Waals surface area contributed by atoms with Gasteiger partial charge in [0, 0.05) is 39.3 Å². The summed E-state index contributed by atoms with van der Waals surface area (Å²) in [5.41, 5.74) is 1.47. The molecule has 2 aliphatic rings. The second-order valence-electron chi connectivity index (χ2n) is 9.35. The molecule has 2 saturated heterocycles. The molecule has 2 fully saturated rings. The van der Waals surface area contributed by atoms with Gasteiger partial charge in [0.2, 0.25) is 0 Å². The van der Waals surface area contributed by atoms with Gasteiger partial charge in [0.05, 0.1) is 0 Å². The first-order chi connectivity index (χ1) is 13.4. The van der Waals surface area contributed by atoms with Crippen molar-refractivity contribution in [3.63, 3.8) is 0 Å². The summed E-state index contributed by atoms with van der Waals surface area (Å²) in [6.07, 6.45) is 2.46. The van der Waals surface area contributed by atoms with Crippen molar-refractivity contribution in [2.24, 2.45) is 11.3 Å². The summed E-state index contributed by atoms with van der Waals surface area (Å²) in [6, 6.07) is 9.86. The number of carbonyl (C=O) groups excluding carboxylic acids is 1. The molecule has 28 heavy (non-hydrogen) atoms. The van der Waals surface area contributed by atoms with Crippen LogP contribution in [-0.4, -0.2) is 73.2 Å². The Morgan fingerprint density at radius 2 is 1.50 bits per heavy atom. The van der Waals surface area contributed by atoms with E-state index in [-0.39, 0.29) is 6.09 Å². The maximum Gasteiger partial charge on any atom is 0.410 e. The first-order valence-corrected chi connectivity index (χ1v) is 10.8. The number of likely N-dealkylation sites (tertiary alicyclic amines) is 1. The van der Waals surface area contributed by atoms with Crippen molar-refractivity contribution in [1.82, 2.24) is 14.7 Å². The van der Waals surface area contributed by atoms with Gasteiger partial charge in [-0.15, -0.1) is 0 Å². The molecule has 5 heteroatoms. The van der Waals surface area contributed by atoms with Crippen LogP contribution in [0, 0.1) is 11.3 Å². The van der Waals surface area contributed by atoms with E-state index in [9.17, 15) is 4.79 Å². The zero-order valence-electron chi connectivity index (χ0n) is 17.9. The molecule has 0 atom stereocenters. The van der Waals surface area contributed by atoms with Gasteiger partial charge in [0.1, 0.15) is 6.61 Å². The molecule has 3 rings (SSSR count). The Labute approximate surface area is 170 Å². The second kappa shape index (κ2) is 9.75. The molecule has 0 aliphatic carbocycles. The molecule has 0 bridgehead atoms. The van der Waals surface area contributed by atoms with Crippen molar-refractivity contribution in [3.8, 4) is 0 Å². The minimum absolute atomic E-state index is 0.187. The Kier molecular flexibility index (Phi) is 7.36. The highest BCUT2D eigenvalue weighted by Crippen LogP contribution is 2.34. The zero-order chi connectivity index (χ0) is 20.0. The lowest BCUT2D eigenvalue weighted by Gasteiger charge is -2.40. The summed E-state index contributed by atoms with van der Waals surface area (Å²) >= 11 is 0. The molecule has 156 valence electrons. The van der Waals surface area contributed by atoms with Gasteiger partial charge < -0.3 is 14.5 Å². The standard InChI is InChI=1S/C23H37N3O2/c1-23(2,3)21-9-11-24(12-10-21)13-14-25-15-17-26(18-16-25)22(27)28-19-20-7-5-4-6-8-20/h4-8,21H,9-19H2,1-3H3. The van der Waals surface area contributed by atoms with Crippen LogP contribution in [0.2, 0.25) is 0 Å². The monoisotopic (exact) mass is 387 g/mol. The molecule has 0 aromatic heterocycles. The minimum Gasteiger partial charge on any atom is -0.445 e. The number of hydrogen-bond donors (Lipinski definition) is 0. The fourth-order valence-electron chi connectivity index (χ4n) is 4.27. The maximum atomic E-state index is 12.3. The molecule has 2 aliphatic heterocycles. The molecule has 2 heterocycles. The second-order valence-corrected chi connectivity index (χ2v) is 9.35. The summed E-state index contributed by atoms with van der Waals surface area (Å²) < 4.78 is 5.46. The zero-order valence-corrected chi connectivity index (χ0v) is 17.9. The normalized spacial score (nSPS) is 20.3. The van der Waals surface area contributed by atoms with E-state index >= 15 is 0 Å². The molecule has 1 aromatic carbocycles. The quantitative estimate of drug-likeness (QED) is 0.772. The highest BCUT2D eigenvalue weighted by molar-refractivity contribution is 5.67. The number of hydrogen-bond acceptors (Lipinski definition) is 4. The lowest BCUT2D eigenvalue weighted by atomic mass is 9.75. The van der Waals surface area contributed by atoms with Gasteiger partial charge in [-0.05, 0) is 42.8 Å². The molecule has 0 saturated carbocycles. The number of benzene rings is 1. The SMILES string of the molecule is CC(C)(C)C1CCN(CCN2CCN(C(=O)OCc3ccccc3)CC2)CC1. The van der Waals surface area contributed by atoms with Crippen LogP contribution in [0.4, 0.5) is 4.79 Å². The van der Waals surface area contributed by atoms with E-state index in [1.54, 1.807) is 0 Å². The van der Waals surface area contributed by atoms with Crippen molar-refractivity contribution in [2.45, 2.75) is 40.2 Å². The first kappa shape index (κ1) is 21.1. The van der Waals surface area contributed by atoms with Crippen molar-refractivity contribution < 1.29 is 9.53 Å². The van der Waals surface area contributed by atoms with Gasteiger partial charge in [-0.25, -0.2) is 4.79 Å². The van der Waals surface area contributed by atoms with E-state index in [4.69, 9.17) is 4.74 Å². The fourth-order valence-corrected chi connectivity index (χ4v) is 4.27. The number of ether oxygens (including phenoxy) is 1. The average Bonchev–Trinajstić information content (AvgIpc) is 2.71. The van der Waals surface area contributed by atoms with E-state index in [0.29, 0.717) is 12.0 Å². The average molecular weight is 388 g/mol. The minimum atomic E-state index is -0.187. The van der Waals surface area contributed by atoms with Crippen LogP contribution in [0.1, 0.15) is 39.2 Å². The largest absolute Gasteiger partial charge is 0.445 e. The predicted molar refractivity (Wildman–Crippen MR) is 113 cm³/mol. The topological polar surface area (TPSA) is 36.0 Å². The van der Waals surface area contributed by atoms with Crippen LogP contribution in [0.3, 0.4) is 0 Å². The number of carbonyl (C=O) groups is 1. The van der Waals surface area contributed by atoms with Gasteiger partial charge in [-0.1, -0.05) is 51.1 Å². The molecule has 1 amide bonds. The van der Waals surface area contributed by atoms with Crippen LogP contribution in [0.15, 0.2) is 30.3 Å². The molecule has 0 N–H and O–H groups in total. The third-order valence-corrected chi connectivity index (χ3v) is 6.38. The molecular formula is C23H37N3O2. The molecule has 0 unspecified atom stereocenters. The highest BCUT2D eigenvalue weighted by atomic mass is 16.6. The summed E-state index contributed by atoms with van der Waals surface area (Å²) in [7, 11) is 0. The number of nitrogens with zero attached hydrogens (tertiary/aromatic N) is 3. The van der Waals surface area contributed by atoms with Crippen LogP contribution in [-0.2, 0) is 11.3 Å². The van der Waals surface area contributed by atoms with Gasteiger partial charge in [-0.2, -0.15) is 0 Å². The van der Waals surface area contributed by atoms with Crippen molar-refractivity contribution >= 4 is 6.09 Å². The molecule has 1 aromatic rings. The van der Waals surface area contributed by atoms with Gasteiger partial charge in [0.25, 0.3) is 0 Å².